The summed E-state index contributed by atoms with van der Waals surface area (Å²) in [6, 6.07) is 7.71. The van der Waals surface area contributed by atoms with Gasteiger partial charge < -0.3 is 24.1 Å². The molecule has 0 saturated carbocycles. The molecule has 9 nitrogen and oxygen atoms in total. The molecule has 4 rings (SSSR count). The van der Waals surface area contributed by atoms with Crippen LogP contribution in [0.1, 0.15) is 35.8 Å². The third-order valence-electron chi connectivity index (χ3n) is 4.92. The lowest BCUT2D eigenvalue weighted by molar-refractivity contribution is 0.0949. The van der Waals surface area contributed by atoms with Crippen molar-refractivity contribution >= 4 is 11.9 Å². The number of nitrogens with zero attached hydrogens (tertiary/aromatic N) is 4. The van der Waals surface area contributed by atoms with Gasteiger partial charge in [-0.3, -0.25) is 4.79 Å². The van der Waals surface area contributed by atoms with Crippen LogP contribution in [0.25, 0.3) is 0 Å². The van der Waals surface area contributed by atoms with Gasteiger partial charge in [-0.05, 0) is 31.9 Å². The minimum atomic E-state index is -0.262. The number of hydrogen-bond acceptors (Lipinski definition) is 8. The van der Waals surface area contributed by atoms with Crippen molar-refractivity contribution in [2.24, 2.45) is 0 Å². The van der Waals surface area contributed by atoms with Gasteiger partial charge in [0.2, 0.25) is 5.95 Å². The van der Waals surface area contributed by atoms with Crippen molar-refractivity contribution in [1.29, 1.82) is 0 Å². The fourth-order valence-electron chi connectivity index (χ4n) is 3.42. The van der Waals surface area contributed by atoms with E-state index in [0.717, 1.165) is 30.9 Å². The molecule has 0 radical (unpaired) electrons. The number of carbonyl (C=O) groups is 1. The topological polar surface area (TPSA) is 103 Å². The van der Waals surface area contributed by atoms with E-state index >= 15 is 0 Å². The van der Waals surface area contributed by atoms with E-state index in [1.165, 1.54) is 25.1 Å². The third-order valence-corrected chi connectivity index (χ3v) is 4.92. The number of aromatic nitrogens is 3. The summed E-state index contributed by atoms with van der Waals surface area (Å²) in [5.74, 6) is 1.82. The van der Waals surface area contributed by atoms with Gasteiger partial charge in [0.15, 0.2) is 17.9 Å². The summed E-state index contributed by atoms with van der Waals surface area (Å²) in [7, 11) is 0. The smallest absolute Gasteiger partial charge is 0.254 e. The first kappa shape index (κ1) is 20.6. The number of benzene rings is 1. The highest BCUT2D eigenvalue weighted by Gasteiger charge is 2.24. The van der Waals surface area contributed by atoms with E-state index in [1.807, 2.05) is 31.2 Å². The molecule has 0 aliphatic carbocycles. The Balaban J connectivity index is 1.35. The number of hydrogen-bond donors (Lipinski definition) is 1. The van der Waals surface area contributed by atoms with Gasteiger partial charge in [-0.2, -0.15) is 0 Å². The summed E-state index contributed by atoms with van der Waals surface area (Å²) in [5, 5.41) is 2.76. The Bertz CT molecular complexity index is 978. The molecule has 0 spiro atoms. The number of ether oxygens (including phenoxy) is 2. The Kier molecular flexibility index (Phi) is 6.61. The number of oxazole rings is 1. The molecule has 1 unspecified atom stereocenters. The average molecular weight is 423 g/mol. The standard InChI is InChI=1S/C22H25N5O4/c1-2-30-19-7-3-4-8-20(19)31-18-6-5-9-27(13-18)22-24-10-16(11-25-22)21(28)23-12-17-14-29-15-26-17/h3-4,7-8,10-11,14-15,18H,2,5-6,9,12-13H2,1H3,(H,23,28). The Hall–Kier alpha value is -3.62. The minimum absolute atomic E-state index is 0.00407. The Labute approximate surface area is 180 Å². The first-order chi connectivity index (χ1) is 15.2. The van der Waals surface area contributed by atoms with Crippen molar-refractivity contribution in [1.82, 2.24) is 20.3 Å². The quantitative estimate of drug-likeness (QED) is 0.590. The molecular formula is C22H25N5O4. The maximum absolute atomic E-state index is 12.3. The van der Waals surface area contributed by atoms with E-state index in [-0.39, 0.29) is 18.6 Å². The molecular weight excluding hydrogens is 398 g/mol. The molecule has 1 aromatic carbocycles. The second-order valence-electron chi connectivity index (χ2n) is 7.14. The first-order valence-corrected chi connectivity index (χ1v) is 10.3. The molecule has 31 heavy (non-hydrogen) atoms. The van der Waals surface area contributed by atoms with Gasteiger partial charge in [0.25, 0.3) is 5.91 Å². The maximum Gasteiger partial charge on any atom is 0.254 e. The zero-order chi connectivity index (χ0) is 21.5. The number of piperidine rings is 1. The fourth-order valence-corrected chi connectivity index (χ4v) is 3.42. The summed E-state index contributed by atoms with van der Waals surface area (Å²) < 4.78 is 16.8. The van der Waals surface area contributed by atoms with E-state index in [2.05, 4.69) is 25.2 Å². The monoisotopic (exact) mass is 423 g/mol. The average Bonchev–Trinajstić information content (AvgIpc) is 3.33. The van der Waals surface area contributed by atoms with Crippen molar-refractivity contribution in [3.8, 4) is 11.5 Å². The highest BCUT2D eigenvalue weighted by atomic mass is 16.5. The molecule has 0 bridgehead atoms. The Morgan fingerprint density at radius 3 is 2.77 bits per heavy atom. The van der Waals surface area contributed by atoms with Gasteiger partial charge in [0.1, 0.15) is 12.4 Å². The largest absolute Gasteiger partial charge is 0.490 e. The molecule has 1 N–H and O–H groups in total. The van der Waals surface area contributed by atoms with Gasteiger partial charge >= 0.3 is 0 Å². The van der Waals surface area contributed by atoms with E-state index in [1.54, 1.807) is 0 Å². The number of amides is 1. The van der Waals surface area contributed by atoms with Crippen LogP contribution in [-0.4, -0.2) is 46.7 Å². The highest BCUT2D eigenvalue weighted by Crippen LogP contribution is 2.29. The van der Waals surface area contributed by atoms with E-state index in [9.17, 15) is 4.79 Å². The van der Waals surface area contributed by atoms with Crippen LogP contribution >= 0.6 is 0 Å². The zero-order valence-electron chi connectivity index (χ0n) is 17.4. The predicted octanol–water partition coefficient (Wildman–Crippen LogP) is 2.84. The summed E-state index contributed by atoms with van der Waals surface area (Å²) in [4.78, 5) is 27.1. The van der Waals surface area contributed by atoms with Crippen LogP contribution in [-0.2, 0) is 6.54 Å². The minimum Gasteiger partial charge on any atom is -0.490 e. The van der Waals surface area contributed by atoms with E-state index in [0.29, 0.717) is 30.4 Å². The highest BCUT2D eigenvalue weighted by molar-refractivity contribution is 5.93. The van der Waals surface area contributed by atoms with Gasteiger partial charge in [0.05, 0.1) is 31.0 Å². The van der Waals surface area contributed by atoms with Crippen molar-refractivity contribution in [2.75, 3.05) is 24.6 Å². The summed E-state index contributed by atoms with van der Waals surface area (Å²) in [5.41, 5.74) is 1.04. The van der Waals surface area contributed by atoms with Gasteiger partial charge in [0, 0.05) is 18.9 Å². The number of para-hydroxylation sites is 2. The van der Waals surface area contributed by atoms with Crippen molar-refractivity contribution in [3.05, 3.63) is 60.6 Å². The molecule has 1 amide bonds. The van der Waals surface area contributed by atoms with E-state index in [4.69, 9.17) is 13.9 Å². The number of rotatable bonds is 8. The third kappa shape index (κ3) is 5.30. The van der Waals surface area contributed by atoms with Crippen LogP contribution in [0.5, 0.6) is 11.5 Å². The zero-order valence-corrected chi connectivity index (χ0v) is 17.4. The number of carbonyl (C=O) groups excluding carboxylic acids is 1. The van der Waals surface area contributed by atoms with Crippen molar-refractivity contribution < 1.29 is 18.7 Å². The van der Waals surface area contributed by atoms with Crippen LogP contribution in [0, 0.1) is 0 Å². The Morgan fingerprint density at radius 2 is 2.03 bits per heavy atom. The molecule has 1 fully saturated rings. The van der Waals surface area contributed by atoms with Gasteiger partial charge in [-0.1, -0.05) is 12.1 Å². The molecule has 2 aromatic heterocycles. The molecule has 3 heterocycles. The molecule has 1 atom stereocenters. The number of nitrogens with one attached hydrogen (secondary N) is 1. The number of anilines is 1. The van der Waals surface area contributed by atoms with Crippen LogP contribution in [0.3, 0.4) is 0 Å². The van der Waals surface area contributed by atoms with Gasteiger partial charge in [-0.25, -0.2) is 15.0 Å². The maximum atomic E-state index is 12.3. The van der Waals surface area contributed by atoms with Gasteiger partial charge in [-0.15, -0.1) is 0 Å². The summed E-state index contributed by atoms with van der Waals surface area (Å²) in [6.07, 6.45) is 7.80. The molecule has 1 saturated heterocycles. The van der Waals surface area contributed by atoms with Crippen LogP contribution < -0.4 is 19.7 Å². The normalized spacial score (nSPS) is 16.0. The first-order valence-electron chi connectivity index (χ1n) is 10.3. The van der Waals surface area contributed by atoms with Crippen LogP contribution in [0.4, 0.5) is 5.95 Å². The van der Waals surface area contributed by atoms with E-state index < -0.39 is 0 Å². The lowest BCUT2D eigenvalue weighted by atomic mass is 10.1. The molecule has 162 valence electrons. The van der Waals surface area contributed by atoms with Crippen molar-refractivity contribution in [2.45, 2.75) is 32.4 Å². The SMILES string of the molecule is CCOc1ccccc1OC1CCCN(c2ncc(C(=O)NCc3cocn3)cn2)C1. The fraction of sp³-hybridized carbons (Fsp3) is 0.364. The molecule has 9 heteroatoms. The second kappa shape index (κ2) is 9.92. The second-order valence-corrected chi connectivity index (χ2v) is 7.14. The summed E-state index contributed by atoms with van der Waals surface area (Å²) in [6.45, 7) is 4.33. The summed E-state index contributed by atoms with van der Waals surface area (Å²) >= 11 is 0. The Morgan fingerprint density at radius 1 is 1.23 bits per heavy atom. The van der Waals surface area contributed by atoms with Crippen LogP contribution in [0.15, 0.2) is 53.7 Å². The predicted molar refractivity (Wildman–Crippen MR) is 113 cm³/mol. The molecule has 1 aliphatic rings. The lowest BCUT2D eigenvalue weighted by Gasteiger charge is -2.33. The van der Waals surface area contributed by atoms with Crippen LogP contribution in [0.2, 0.25) is 0 Å². The molecule has 1 aliphatic heterocycles. The lowest BCUT2D eigenvalue weighted by Crippen LogP contribution is -2.42. The van der Waals surface area contributed by atoms with Crippen molar-refractivity contribution in [3.63, 3.8) is 0 Å². The molecule has 3 aromatic rings.